The summed E-state index contributed by atoms with van der Waals surface area (Å²) in [6, 6.07) is 19.5. The molecule has 0 aliphatic carbocycles. The van der Waals surface area contributed by atoms with Gasteiger partial charge in [0.2, 0.25) is 0 Å². The van der Waals surface area contributed by atoms with Crippen LogP contribution in [0.25, 0.3) is 0 Å². The minimum absolute atomic E-state index is 0.160. The first-order valence-electron chi connectivity index (χ1n) is 12.7. The van der Waals surface area contributed by atoms with Crippen LogP contribution in [0.4, 0.5) is 0 Å². The van der Waals surface area contributed by atoms with E-state index < -0.39 is 10.8 Å². The van der Waals surface area contributed by atoms with Gasteiger partial charge in [-0.1, -0.05) is 73.5 Å². The number of ether oxygens (including phenoxy) is 3. The second-order valence-corrected chi connectivity index (χ2v) is 10.4. The fourth-order valence-corrected chi connectivity index (χ4v) is 3.69. The minimum atomic E-state index is -0.504. The Labute approximate surface area is 211 Å². The highest BCUT2D eigenvalue weighted by Crippen LogP contribution is 2.27. The Bertz CT molecular complexity index is 801. The Morgan fingerprint density at radius 1 is 0.600 bits per heavy atom. The molecule has 2 aromatic carbocycles. The van der Waals surface area contributed by atoms with Crippen molar-refractivity contribution in [3.63, 3.8) is 0 Å². The topological polar surface area (TPSA) is 61.8 Å². The zero-order chi connectivity index (χ0) is 25.6. The Morgan fingerprint density at radius 3 is 1.34 bits per heavy atom. The van der Waals surface area contributed by atoms with Crippen molar-refractivity contribution in [3.05, 3.63) is 71.8 Å². The van der Waals surface area contributed by atoms with Gasteiger partial charge >= 0.3 is 11.9 Å². The second kappa shape index (κ2) is 14.7. The second-order valence-electron chi connectivity index (χ2n) is 10.4. The number of hydrogen-bond donors (Lipinski definition) is 0. The van der Waals surface area contributed by atoms with Gasteiger partial charge in [0.1, 0.15) is 13.2 Å². The molecule has 0 aliphatic heterocycles. The van der Waals surface area contributed by atoms with Crippen LogP contribution in [-0.2, 0) is 37.0 Å². The summed E-state index contributed by atoms with van der Waals surface area (Å²) in [5.74, 6) is -0.320. The summed E-state index contributed by atoms with van der Waals surface area (Å²) in [7, 11) is 0. The highest BCUT2D eigenvalue weighted by atomic mass is 16.5. The van der Waals surface area contributed by atoms with Gasteiger partial charge in [0.25, 0.3) is 0 Å². The van der Waals surface area contributed by atoms with Gasteiger partial charge in [0.05, 0.1) is 10.8 Å². The van der Waals surface area contributed by atoms with Crippen molar-refractivity contribution < 1.29 is 23.8 Å². The Balaban J connectivity index is 1.50. The molecule has 0 saturated heterocycles. The van der Waals surface area contributed by atoms with E-state index in [4.69, 9.17) is 14.2 Å². The summed E-state index contributed by atoms with van der Waals surface area (Å²) >= 11 is 0. The van der Waals surface area contributed by atoms with E-state index in [1.54, 1.807) is 0 Å². The van der Waals surface area contributed by atoms with Crippen LogP contribution in [0.15, 0.2) is 60.7 Å². The summed E-state index contributed by atoms with van der Waals surface area (Å²) in [4.78, 5) is 24.9. The Hall–Kier alpha value is -2.66. The van der Waals surface area contributed by atoms with E-state index in [2.05, 4.69) is 0 Å². The molecule has 2 aromatic rings. The molecular formula is C30H42O5. The third kappa shape index (κ3) is 11.1. The van der Waals surface area contributed by atoms with Crippen molar-refractivity contribution in [2.45, 2.75) is 79.4 Å². The third-order valence-corrected chi connectivity index (χ3v) is 6.21. The summed E-state index contributed by atoms with van der Waals surface area (Å²) in [5.41, 5.74) is 0.986. The van der Waals surface area contributed by atoms with Gasteiger partial charge in [-0.15, -0.1) is 0 Å². The normalized spacial score (nSPS) is 11.8. The standard InChI is InChI=1S/C30H42O5/c1-29(2,27(31)34-23-25-15-7-5-8-16-25)19-11-13-21-33-22-14-12-20-30(3,4)28(32)35-24-26-17-9-6-10-18-26/h5-10,15-18H,11-14,19-24H2,1-4H3. The lowest BCUT2D eigenvalue weighted by Crippen LogP contribution is -2.26. The molecule has 5 nitrogen and oxygen atoms in total. The number of carbonyl (C=O) groups is 2. The van der Waals surface area contributed by atoms with Crippen LogP contribution in [0.1, 0.15) is 77.3 Å². The maximum Gasteiger partial charge on any atom is 0.311 e. The van der Waals surface area contributed by atoms with Gasteiger partial charge in [-0.05, 0) is 64.5 Å². The zero-order valence-corrected chi connectivity index (χ0v) is 21.9. The van der Waals surface area contributed by atoms with Crippen molar-refractivity contribution in [2.24, 2.45) is 10.8 Å². The van der Waals surface area contributed by atoms with E-state index in [0.717, 1.165) is 49.7 Å². The summed E-state index contributed by atoms with van der Waals surface area (Å²) < 4.78 is 16.8. The monoisotopic (exact) mass is 482 g/mol. The van der Waals surface area contributed by atoms with Crippen molar-refractivity contribution >= 4 is 11.9 Å². The molecular weight excluding hydrogens is 440 g/mol. The third-order valence-electron chi connectivity index (χ3n) is 6.21. The largest absolute Gasteiger partial charge is 0.460 e. The summed E-state index contributed by atoms with van der Waals surface area (Å²) in [5, 5.41) is 0. The lowest BCUT2D eigenvalue weighted by Gasteiger charge is -2.23. The molecule has 0 N–H and O–H groups in total. The van der Waals surface area contributed by atoms with E-state index in [0.29, 0.717) is 26.4 Å². The van der Waals surface area contributed by atoms with E-state index in [9.17, 15) is 9.59 Å². The fraction of sp³-hybridized carbons (Fsp3) is 0.533. The first kappa shape index (κ1) is 28.6. The number of esters is 2. The van der Waals surface area contributed by atoms with Gasteiger partial charge < -0.3 is 14.2 Å². The van der Waals surface area contributed by atoms with E-state index in [-0.39, 0.29) is 11.9 Å². The maximum atomic E-state index is 12.4. The van der Waals surface area contributed by atoms with Crippen molar-refractivity contribution in [2.75, 3.05) is 13.2 Å². The predicted octanol–water partition coefficient (Wildman–Crippen LogP) is 6.88. The molecule has 0 saturated carbocycles. The number of benzene rings is 2. The van der Waals surface area contributed by atoms with Crippen LogP contribution in [0.2, 0.25) is 0 Å². The van der Waals surface area contributed by atoms with Gasteiger partial charge in [0.15, 0.2) is 0 Å². The molecule has 35 heavy (non-hydrogen) atoms. The van der Waals surface area contributed by atoms with Crippen LogP contribution in [0.3, 0.4) is 0 Å². The first-order chi connectivity index (χ1) is 16.7. The minimum Gasteiger partial charge on any atom is -0.460 e. The molecule has 0 atom stereocenters. The number of unbranched alkanes of at least 4 members (excludes halogenated alkanes) is 2. The molecule has 0 bridgehead atoms. The molecule has 0 aromatic heterocycles. The van der Waals surface area contributed by atoms with Crippen LogP contribution in [0.5, 0.6) is 0 Å². The molecule has 2 rings (SSSR count). The van der Waals surface area contributed by atoms with Gasteiger partial charge in [0, 0.05) is 13.2 Å². The molecule has 5 heteroatoms. The van der Waals surface area contributed by atoms with Crippen molar-refractivity contribution in [1.29, 1.82) is 0 Å². The SMILES string of the molecule is CC(C)(CCCCOCCCCC(C)(C)C(=O)OCc1ccccc1)C(=O)OCc1ccccc1. The molecule has 0 aliphatic rings. The molecule has 0 unspecified atom stereocenters. The first-order valence-corrected chi connectivity index (χ1v) is 12.7. The number of hydrogen-bond acceptors (Lipinski definition) is 5. The summed E-state index contributed by atoms with van der Waals surface area (Å²) in [6.45, 7) is 9.74. The van der Waals surface area contributed by atoms with Gasteiger partial charge in [-0.2, -0.15) is 0 Å². The lowest BCUT2D eigenvalue weighted by molar-refractivity contribution is -0.156. The quantitative estimate of drug-likeness (QED) is 0.193. The fourth-order valence-electron chi connectivity index (χ4n) is 3.69. The maximum absolute atomic E-state index is 12.4. The van der Waals surface area contributed by atoms with Gasteiger partial charge in [-0.25, -0.2) is 0 Å². The van der Waals surface area contributed by atoms with Crippen LogP contribution >= 0.6 is 0 Å². The molecule has 0 radical (unpaired) electrons. The van der Waals surface area contributed by atoms with Crippen LogP contribution in [-0.4, -0.2) is 25.2 Å². The average molecular weight is 483 g/mol. The van der Waals surface area contributed by atoms with E-state index in [1.165, 1.54) is 0 Å². The molecule has 0 amide bonds. The molecule has 0 fully saturated rings. The smallest absolute Gasteiger partial charge is 0.311 e. The molecule has 0 spiro atoms. The lowest BCUT2D eigenvalue weighted by atomic mass is 9.87. The Morgan fingerprint density at radius 2 is 0.971 bits per heavy atom. The van der Waals surface area contributed by atoms with E-state index in [1.807, 2.05) is 88.4 Å². The van der Waals surface area contributed by atoms with Crippen LogP contribution in [0, 0.1) is 10.8 Å². The average Bonchev–Trinajstić information content (AvgIpc) is 2.85. The highest BCUT2D eigenvalue weighted by Gasteiger charge is 2.29. The predicted molar refractivity (Wildman–Crippen MR) is 139 cm³/mol. The molecule has 0 heterocycles. The van der Waals surface area contributed by atoms with Crippen molar-refractivity contribution in [1.82, 2.24) is 0 Å². The van der Waals surface area contributed by atoms with Crippen LogP contribution < -0.4 is 0 Å². The van der Waals surface area contributed by atoms with Crippen molar-refractivity contribution in [3.8, 4) is 0 Å². The molecule has 192 valence electrons. The van der Waals surface area contributed by atoms with Gasteiger partial charge in [-0.3, -0.25) is 9.59 Å². The number of rotatable bonds is 16. The number of carbonyl (C=O) groups excluding carboxylic acids is 2. The zero-order valence-electron chi connectivity index (χ0n) is 21.9. The highest BCUT2D eigenvalue weighted by molar-refractivity contribution is 5.76. The summed E-state index contributed by atoms with van der Waals surface area (Å²) in [6.07, 6.45) is 5.17. The Kier molecular flexibility index (Phi) is 12.0. The van der Waals surface area contributed by atoms with E-state index >= 15 is 0 Å².